The molecule has 1 aromatic heterocycles. The number of ether oxygens (including phenoxy) is 2. The molecule has 1 saturated carbocycles. The quantitative estimate of drug-likeness (QED) is 0.0777. The summed E-state index contributed by atoms with van der Waals surface area (Å²) in [5.74, 6) is 0.242. The van der Waals surface area contributed by atoms with Gasteiger partial charge in [0.05, 0.1) is 24.0 Å². The molecule has 5 heterocycles. The number of aromatic nitrogens is 1. The lowest BCUT2D eigenvalue weighted by atomic mass is 9.95. The van der Waals surface area contributed by atoms with E-state index in [1.165, 1.54) is 35.2 Å². The van der Waals surface area contributed by atoms with Gasteiger partial charge >= 0.3 is 0 Å². The lowest BCUT2D eigenvalue weighted by molar-refractivity contribution is -0.131. The summed E-state index contributed by atoms with van der Waals surface area (Å²) in [6, 6.07) is 20.7. The lowest BCUT2D eigenvalue weighted by Gasteiger charge is -2.39. The number of nitrogens with one attached hydrogen (secondary N) is 4. The van der Waals surface area contributed by atoms with Gasteiger partial charge in [-0.2, -0.15) is 0 Å². The number of hydrogen-bond donors (Lipinski definition) is 4. The summed E-state index contributed by atoms with van der Waals surface area (Å²) in [4.78, 5) is 65.5. The van der Waals surface area contributed by atoms with Gasteiger partial charge in [0.15, 0.2) is 0 Å². The van der Waals surface area contributed by atoms with Crippen LogP contribution in [0, 0.1) is 23.0 Å². The molecule has 4 fully saturated rings. The molecule has 0 spiro atoms. The molecule has 5 aromatic rings. The Kier molecular flexibility index (Phi) is 13.1. The van der Waals surface area contributed by atoms with Gasteiger partial charge in [-0.05, 0) is 129 Å². The Morgan fingerprint density at radius 3 is 2.20 bits per heavy atom. The van der Waals surface area contributed by atoms with Crippen molar-refractivity contribution < 1.29 is 37.4 Å². The number of hydrogen-bond acceptors (Lipinski definition) is 11. The molecule has 364 valence electrons. The fraction of sp³-hybridized carbons (Fsp3) is 0.377. The number of rotatable bonds is 15. The topological polar surface area (TPSA) is 161 Å². The van der Waals surface area contributed by atoms with Crippen LogP contribution >= 0.6 is 0 Å². The second kappa shape index (κ2) is 19.7. The summed E-state index contributed by atoms with van der Waals surface area (Å²) >= 11 is 0. The maximum absolute atomic E-state index is 15.2. The van der Waals surface area contributed by atoms with E-state index in [2.05, 4.69) is 48.6 Å². The van der Waals surface area contributed by atoms with Crippen LogP contribution in [0.2, 0.25) is 0 Å². The molecule has 0 radical (unpaired) electrons. The van der Waals surface area contributed by atoms with Crippen LogP contribution < -0.4 is 35.6 Å². The number of nitrogens with zero attached hydrogens (tertiary/aromatic N) is 5. The average Bonchev–Trinajstić information content (AvgIpc) is 4.13. The summed E-state index contributed by atoms with van der Waals surface area (Å²) in [5.41, 5.74) is 3.63. The van der Waals surface area contributed by atoms with Crippen molar-refractivity contribution in [2.45, 2.75) is 51.1 Å². The molecule has 15 nitrogen and oxygen atoms in total. The molecule has 3 saturated heterocycles. The predicted molar refractivity (Wildman–Crippen MR) is 263 cm³/mol. The van der Waals surface area contributed by atoms with E-state index < -0.39 is 34.9 Å². The first kappa shape index (κ1) is 46.6. The first-order chi connectivity index (χ1) is 33.9. The van der Waals surface area contributed by atoms with Crippen molar-refractivity contribution in [1.29, 1.82) is 0 Å². The van der Waals surface area contributed by atoms with Crippen molar-refractivity contribution in [3.63, 3.8) is 0 Å². The van der Waals surface area contributed by atoms with Gasteiger partial charge in [0, 0.05) is 99.7 Å². The molecule has 0 unspecified atom stereocenters. The molecule has 70 heavy (non-hydrogen) atoms. The standard InChI is InChI=1S/C53H57F2N9O6/c1-33-3-12-45(49(65)58-33)64-32-35-27-44(42(55)28-40(35)50(64)66)57-19-22-61-23-25-62(26-24-61)31-34-14-20-63(21-15-34)46-30-43-41(29-48(46)69-2)47(13-18-56-43)70-39-10-8-38(9-11-39)60-52(68)53(16-17-53)51(67)59-37-6-4-36(54)5-7-37/h4-11,13,18,27-30,34,45,57H,1,3,12,14-17,19-26,31-32H2,2H3,(H,58,65)(H,59,67)(H,60,68)/t45-/m0/s1. The second-order valence-corrected chi connectivity index (χ2v) is 19.0. The number of carbonyl (C=O) groups excluding carboxylic acids is 4. The maximum atomic E-state index is 15.2. The van der Waals surface area contributed by atoms with Gasteiger partial charge < -0.3 is 45.4 Å². The van der Waals surface area contributed by atoms with Crippen molar-refractivity contribution in [3.8, 4) is 17.2 Å². The fourth-order valence-electron chi connectivity index (χ4n) is 10.2. The van der Waals surface area contributed by atoms with Crippen molar-refractivity contribution in [2.75, 3.05) is 86.9 Å². The number of allylic oxidation sites excluding steroid dienone is 1. The van der Waals surface area contributed by atoms with Crippen molar-refractivity contribution in [3.05, 3.63) is 120 Å². The predicted octanol–water partition coefficient (Wildman–Crippen LogP) is 7.37. The summed E-state index contributed by atoms with van der Waals surface area (Å²) in [5, 5.41) is 12.4. The average molecular weight is 954 g/mol. The van der Waals surface area contributed by atoms with Gasteiger partial charge in [0.2, 0.25) is 17.7 Å². The Balaban J connectivity index is 0.673. The smallest absolute Gasteiger partial charge is 0.255 e. The number of amides is 4. The number of fused-ring (bicyclic) bond motifs is 2. The Hall–Kier alpha value is -7.11. The molecule has 1 aliphatic carbocycles. The molecule has 1 atom stereocenters. The van der Waals surface area contributed by atoms with Crippen LogP contribution in [0.15, 0.2) is 97.3 Å². The zero-order valence-corrected chi connectivity index (χ0v) is 39.2. The highest BCUT2D eigenvalue weighted by Crippen LogP contribution is 2.48. The number of piperidine rings is 2. The zero-order valence-electron chi connectivity index (χ0n) is 39.2. The third-order valence-corrected chi connectivity index (χ3v) is 14.5. The van der Waals surface area contributed by atoms with Crippen molar-refractivity contribution >= 4 is 57.3 Å². The summed E-state index contributed by atoms with van der Waals surface area (Å²) in [6.45, 7) is 12.1. The molecule has 5 aliphatic rings. The first-order valence-corrected chi connectivity index (χ1v) is 24.1. The van der Waals surface area contributed by atoms with E-state index in [4.69, 9.17) is 14.5 Å². The highest BCUT2D eigenvalue weighted by molar-refractivity contribution is 6.17. The zero-order chi connectivity index (χ0) is 48.5. The van der Waals surface area contributed by atoms with Crippen molar-refractivity contribution in [2.24, 2.45) is 11.3 Å². The minimum Gasteiger partial charge on any atom is -0.495 e. The molecule has 17 heteroatoms. The van der Waals surface area contributed by atoms with Gasteiger partial charge in [-0.25, -0.2) is 8.78 Å². The van der Waals surface area contributed by atoms with E-state index in [9.17, 15) is 23.6 Å². The number of carbonyl (C=O) groups is 4. The number of pyridine rings is 1. The van der Waals surface area contributed by atoms with E-state index in [1.807, 2.05) is 12.1 Å². The molecular weight excluding hydrogens is 897 g/mol. The van der Waals surface area contributed by atoms with Gasteiger partial charge in [-0.3, -0.25) is 29.1 Å². The monoisotopic (exact) mass is 953 g/mol. The van der Waals surface area contributed by atoms with Crippen LogP contribution in [0.4, 0.5) is 31.5 Å². The number of benzene rings is 4. The molecule has 10 rings (SSSR count). The third-order valence-electron chi connectivity index (χ3n) is 14.5. The highest BCUT2D eigenvalue weighted by Gasteiger charge is 2.56. The van der Waals surface area contributed by atoms with E-state index >= 15 is 4.39 Å². The molecule has 4 aromatic carbocycles. The number of anilines is 4. The van der Waals surface area contributed by atoms with E-state index in [0.717, 1.165) is 93.1 Å². The van der Waals surface area contributed by atoms with Crippen LogP contribution in [0.25, 0.3) is 10.9 Å². The van der Waals surface area contributed by atoms with E-state index in [-0.39, 0.29) is 18.4 Å². The number of halogens is 2. The second-order valence-electron chi connectivity index (χ2n) is 19.0. The van der Waals surface area contributed by atoms with Crippen LogP contribution in [-0.2, 0) is 20.9 Å². The largest absolute Gasteiger partial charge is 0.495 e. The van der Waals surface area contributed by atoms with Crippen LogP contribution in [0.1, 0.15) is 54.4 Å². The highest BCUT2D eigenvalue weighted by atomic mass is 19.1. The van der Waals surface area contributed by atoms with Gasteiger partial charge in [0.1, 0.15) is 40.3 Å². The first-order valence-electron chi connectivity index (χ1n) is 24.1. The normalized spacial score (nSPS) is 19.4. The fourth-order valence-corrected chi connectivity index (χ4v) is 10.2. The Morgan fingerprint density at radius 2 is 1.53 bits per heavy atom. The molecular formula is C53H57F2N9O6. The maximum Gasteiger partial charge on any atom is 0.255 e. The van der Waals surface area contributed by atoms with E-state index in [1.54, 1.807) is 43.6 Å². The Bertz CT molecular complexity index is 2830. The SMILES string of the molecule is C=C1CC[C@H](N2Cc3cc(NCCN4CCN(CC5CCN(c6cc7nccc(Oc8ccc(NC(=O)C9(C(=O)Nc%10ccc(F)cc%10)CC9)cc8)c7cc6OC)CC5)CC4)c(F)cc3C2=O)C(=O)N1. The van der Waals surface area contributed by atoms with E-state index in [0.29, 0.717) is 78.0 Å². The molecule has 0 bridgehead atoms. The minimum atomic E-state index is -1.17. The van der Waals surface area contributed by atoms with Crippen LogP contribution in [0.3, 0.4) is 0 Å². The Labute approximate surface area is 405 Å². The minimum absolute atomic E-state index is 0.240. The summed E-state index contributed by atoms with van der Waals surface area (Å²) < 4.78 is 40.8. The molecule has 4 aliphatic heterocycles. The van der Waals surface area contributed by atoms with Crippen LogP contribution in [-0.4, -0.2) is 115 Å². The third kappa shape index (κ3) is 9.85. The number of piperazine rings is 1. The van der Waals surface area contributed by atoms with Crippen LogP contribution in [0.5, 0.6) is 17.2 Å². The van der Waals surface area contributed by atoms with Crippen molar-refractivity contribution in [1.82, 2.24) is 25.0 Å². The van der Waals surface area contributed by atoms with Gasteiger partial charge in [-0.15, -0.1) is 0 Å². The van der Waals surface area contributed by atoms with Gasteiger partial charge in [-0.1, -0.05) is 6.58 Å². The molecule has 4 amide bonds. The Morgan fingerprint density at radius 1 is 0.843 bits per heavy atom. The summed E-state index contributed by atoms with van der Waals surface area (Å²) in [7, 11) is 1.68. The lowest BCUT2D eigenvalue weighted by Crippen LogP contribution is -2.49. The number of methoxy groups -OCH3 is 1. The van der Waals surface area contributed by atoms with Gasteiger partial charge in [0.25, 0.3) is 5.91 Å². The molecule has 4 N–H and O–H groups in total. The summed E-state index contributed by atoms with van der Waals surface area (Å²) in [6.07, 6.45) is 5.80.